The van der Waals surface area contributed by atoms with Crippen LogP contribution < -0.4 is 10.1 Å². The van der Waals surface area contributed by atoms with Crippen molar-refractivity contribution < 1.29 is 9.53 Å². The van der Waals surface area contributed by atoms with E-state index in [2.05, 4.69) is 20.6 Å². The molecular weight excluding hydrogens is 378 g/mol. The van der Waals surface area contributed by atoms with Crippen LogP contribution in [0.3, 0.4) is 0 Å². The topological polar surface area (TPSA) is 81.9 Å². The summed E-state index contributed by atoms with van der Waals surface area (Å²) in [6.45, 7) is 4.34. The first-order valence-electron chi connectivity index (χ1n) is 9.54. The van der Waals surface area contributed by atoms with E-state index >= 15 is 0 Å². The average Bonchev–Trinajstić information content (AvgIpc) is 3.27. The number of ether oxygens (including phenoxy) is 1. The normalized spacial score (nSPS) is 10.6. The minimum atomic E-state index is -0.298. The van der Waals surface area contributed by atoms with Crippen LogP contribution in [-0.2, 0) is 6.54 Å². The van der Waals surface area contributed by atoms with Gasteiger partial charge >= 0.3 is 0 Å². The van der Waals surface area contributed by atoms with Gasteiger partial charge in [-0.1, -0.05) is 41.6 Å². The Bertz CT molecular complexity index is 1150. The van der Waals surface area contributed by atoms with Crippen LogP contribution in [0.5, 0.6) is 11.6 Å². The van der Waals surface area contributed by atoms with Crippen LogP contribution in [0.1, 0.15) is 27.2 Å². The number of para-hydroxylation sites is 1. The maximum atomic E-state index is 12.4. The van der Waals surface area contributed by atoms with Crippen molar-refractivity contribution in [2.75, 3.05) is 0 Å². The van der Waals surface area contributed by atoms with Gasteiger partial charge in [-0.05, 0) is 48.7 Å². The number of carbonyl (C=O) groups is 1. The highest BCUT2D eigenvalue weighted by atomic mass is 16.5. The molecule has 0 bridgehead atoms. The van der Waals surface area contributed by atoms with Crippen molar-refractivity contribution in [3.8, 4) is 17.3 Å². The average molecular weight is 399 g/mol. The zero-order valence-corrected chi connectivity index (χ0v) is 16.7. The summed E-state index contributed by atoms with van der Waals surface area (Å²) in [5.74, 6) is 0.988. The molecular formula is C23H21N5O2. The van der Waals surface area contributed by atoms with E-state index < -0.39 is 0 Å². The second-order valence-corrected chi connectivity index (χ2v) is 6.94. The first kappa shape index (κ1) is 19.3. The number of benzene rings is 2. The van der Waals surface area contributed by atoms with Gasteiger partial charge in [0.15, 0.2) is 5.69 Å². The number of carbonyl (C=O) groups excluding carboxylic acids is 1. The summed E-state index contributed by atoms with van der Waals surface area (Å²) in [5, 5.41) is 10.8. The zero-order valence-electron chi connectivity index (χ0n) is 16.7. The number of rotatable bonds is 6. The Labute approximate surface area is 174 Å². The second kappa shape index (κ2) is 8.57. The van der Waals surface area contributed by atoms with Gasteiger partial charge in [0.05, 0.1) is 11.9 Å². The molecule has 4 rings (SSSR count). The number of pyridine rings is 1. The summed E-state index contributed by atoms with van der Waals surface area (Å²) in [5.41, 5.74) is 4.11. The molecule has 0 saturated carbocycles. The van der Waals surface area contributed by atoms with Gasteiger partial charge < -0.3 is 10.1 Å². The predicted molar refractivity (Wildman–Crippen MR) is 113 cm³/mol. The smallest absolute Gasteiger partial charge is 0.273 e. The van der Waals surface area contributed by atoms with Gasteiger partial charge in [0, 0.05) is 18.8 Å². The summed E-state index contributed by atoms with van der Waals surface area (Å²) in [4.78, 5) is 16.7. The lowest BCUT2D eigenvalue weighted by atomic mass is 10.1. The van der Waals surface area contributed by atoms with Crippen LogP contribution in [0.25, 0.3) is 5.69 Å². The van der Waals surface area contributed by atoms with E-state index in [9.17, 15) is 4.79 Å². The third-order valence-corrected chi connectivity index (χ3v) is 4.56. The van der Waals surface area contributed by atoms with Gasteiger partial charge in [-0.2, -0.15) is 0 Å². The zero-order chi connectivity index (χ0) is 20.9. The molecule has 2 heterocycles. The molecule has 7 nitrogen and oxygen atoms in total. The second-order valence-electron chi connectivity index (χ2n) is 6.94. The summed E-state index contributed by atoms with van der Waals surface area (Å²) >= 11 is 0. The predicted octanol–water partition coefficient (Wildman–Crippen LogP) is 4.00. The number of amides is 1. The molecule has 0 radical (unpaired) electrons. The van der Waals surface area contributed by atoms with Gasteiger partial charge in [0.25, 0.3) is 5.91 Å². The Morgan fingerprint density at radius 3 is 2.67 bits per heavy atom. The minimum Gasteiger partial charge on any atom is -0.439 e. The standard InChI is InChI=1S/C23H21N5O2/c1-16-8-9-17(2)21(12-16)30-22-11-10-18(13-24-22)14-25-23(29)20-15-28(27-26-20)19-6-4-3-5-7-19/h3-13,15H,14H2,1-2H3,(H,25,29). The van der Waals surface area contributed by atoms with Gasteiger partial charge in [0.2, 0.25) is 5.88 Å². The molecule has 2 aromatic heterocycles. The fraction of sp³-hybridized carbons (Fsp3) is 0.130. The fourth-order valence-corrected chi connectivity index (χ4v) is 2.85. The highest BCUT2D eigenvalue weighted by Gasteiger charge is 2.11. The Morgan fingerprint density at radius 2 is 1.90 bits per heavy atom. The first-order chi connectivity index (χ1) is 14.6. The lowest BCUT2D eigenvalue weighted by molar-refractivity contribution is 0.0946. The first-order valence-corrected chi connectivity index (χ1v) is 9.54. The van der Waals surface area contributed by atoms with E-state index in [0.29, 0.717) is 12.4 Å². The van der Waals surface area contributed by atoms with E-state index in [-0.39, 0.29) is 11.6 Å². The minimum absolute atomic E-state index is 0.252. The van der Waals surface area contributed by atoms with E-state index in [0.717, 1.165) is 28.1 Å². The number of aryl methyl sites for hydroxylation is 2. The highest BCUT2D eigenvalue weighted by Crippen LogP contribution is 2.24. The van der Waals surface area contributed by atoms with Crippen LogP contribution in [0.4, 0.5) is 0 Å². The van der Waals surface area contributed by atoms with E-state index in [1.165, 1.54) is 0 Å². The highest BCUT2D eigenvalue weighted by molar-refractivity contribution is 5.91. The molecule has 0 aliphatic heterocycles. The molecule has 4 aromatic rings. The molecule has 2 aromatic carbocycles. The number of nitrogens with one attached hydrogen (secondary N) is 1. The maximum absolute atomic E-state index is 12.4. The van der Waals surface area contributed by atoms with Gasteiger partial charge in [-0.25, -0.2) is 9.67 Å². The van der Waals surface area contributed by atoms with E-state index in [1.807, 2.05) is 68.4 Å². The van der Waals surface area contributed by atoms with Crippen molar-refractivity contribution in [3.63, 3.8) is 0 Å². The summed E-state index contributed by atoms with van der Waals surface area (Å²) in [6, 6.07) is 19.2. The van der Waals surface area contributed by atoms with Crippen molar-refractivity contribution in [1.29, 1.82) is 0 Å². The largest absolute Gasteiger partial charge is 0.439 e. The molecule has 1 amide bonds. The number of hydrogen-bond acceptors (Lipinski definition) is 5. The SMILES string of the molecule is Cc1ccc(C)c(Oc2ccc(CNC(=O)c3cn(-c4ccccc4)nn3)cn2)c1. The third kappa shape index (κ3) is 4.52. The molecule has 0 aliphatic carbocycles. The summed E-state index contributed by atoms with van der Waals surface area (Å²) < 4.78 is 7.43. The molecule has 0 aliphatic rings. The molecule has 7 heteroatoms. The lowest BCUT2D eigenvalue weighted by Gasteiger charge is -2.09. The molecule has 0 atom stereocenters. The summed E-state index contributed by atoms with van der Waals surface area (Å²) in [7, 11) is 0. The fourth-order valence-electron chi connectivity index (χ4n) is 2.85. The number of hydrogen-bond donors (Lipinski definition) is 1. The summed E-state index contributed by atoms with van der Waals surface area (Å²) in [6.07, 6.45) is 3.28. The molecule has 0 spiro atoms. The molecule has 1 N–H and O–H groups in total. The number of nitrogens with zero attached hydrogens (tertiary/aromatic N) is 4. The molecule has 150 valence electrons. The van der Waals surface area contributed by atoms with E-state index in [4.69, 9.17) is 4.74 Å². The van der Waals surface area contributed by atoms with Crippen LogP contribution >= 0.6 is 0 Å². The lowest BCUT2D eigenvalue weighted by Crippen LogP contribution is -2.23. The Balaban J connectivity index is 1.35. The van der Waals surface area contributed by atoms with Crippen LogP contribution in [0, 0.1) is 13.8 Å². The van der Waals surface area contributed by atoms with Gasteiger partial charge in [0.1, 0.15) is 5.75 Å². The molecule has 0 fully saturated rings. The molecule has 0 unspecified atom stereocenters. The van der Waals surface area contributed by atoms with Gasteiger partial charge in [-0.15, -0.1) is 5.10 Å². The van der Waals surface area contributed by atoms with Crippen molar-refractivity contribution in [3.05, 3.63) is 95.4 Å². The van der Waals surface area contributed by atoms with Crippen molar-refractivity contribution in [2.24, 2.45) is 0 Å². The maximum Gasteiger partial charge on any atom is 0.273 e. The quantitative estimate of drug-likeness (QED) is 0.530. The van der Waals surface area contributed by atoms with Crippen LogP contribution in [-0.4, -0.2) is 25.9 Å². The van der Waals surface area contributed by atoms with Crippen molar-refractivity contribution >= 4 is 5.91 Å². The Kier molecular flexibility index (Phi) is 5.52. The van der Waals surface area contributed by atoms with E-state index in [1.54, 1.807) is 23.1 Å². The Hall–Kier alpha value is -4.00. The van der Waals surface area contributed by atoms with Crippen LogP contribution in [0.15, 0.2) is 73.1 Å². The molecule has 0 saturated heterocycles. The van der Waals surface area contributed by atoms with Crippen molar-refractivity contribution in [2.45, 2.75) is 20.4 Å². The van der Waals surface area contributed by atoms with Crippen LogP contribution in [0.2, 0.25) is 0 Å². The van der Waals surface area contributed by atoms with Crippen molar-refractivity contribution in [1.82, 2.24) is 25.3 Å². The Morgan fingerprint density at radius 1 is 1.07 bits per heavy atom. The molecule has 30 heavy (non-hydrogen) atoms. The monoisotopic (exact) mass is 399 g/mol. The number of aromatic nitrogens is 4. The third-order valence-electron chi connectivity index (χ3n) is 4.56. The van der Waals surface area contributed by atoms with Gasteiger partial charge in [-0.3, -0.25) is 4.79 Å².